The molecule has 0 heterocycles. The Morgan fingerprint density at radius 3 is 2.50 bits per heavy atom. The first-order chi connectivity index (χ1) is 14.5. The highest BCUT2D eigenvalue weighted by Crippen LogP contribution is 2.27. The van der Waals surface area contributed by atoms with Crippen LogP contribution < -0.4 is 15.4 Å². The fourth-order valence-electron chi connectivity index (χ4n) is 3.52. The highest BCUT2D eigenvalue weighted by atomic mass is 16.6. The predicted molar refractivity (Wildman–Crippen MR) is 111 cm³/mol. The van der Waals surface area contributed by atoms with Gasteiger partial charge in [-0.1, -0.05) is 45.4 Å². The lowest BCUT2D eigenvalue weighted by molar-refractivity contribution is -0.384. The van der Waals surface area contributed by atoms with Crippen molar-refractivity contribution >= 4 is 17.9 Å². The first-order valence-corrected chi connectivity index (χ1v) is 10.6. The lowest BCUT2D eigenvalue weighted by Gasteiger charge is -2.27. The zero-order valence-corrected chi connectivity index (χ0v) is 17.4. The Labute approximate surface area is 176 Å². The molecule has 2 N–H and O–H groups in total. The van der Waals surface area contributed by atoms with Crippen LogP contribution in [-0.4, -0.2) is 36.3 Å². The molecule has 1 aromatic rings. The Hall–Kier alpha value is -2.84. The third-order valence-electron chi connectivity index (χ3n) is 5.15. The average Bonchev–Trinajstić information content (AvgIpc) is 2.73. The molecule has 1 aromatic carbocycles. The highest BCUT2D eigenvalue weighted by Gasteiger charge is 2.22. The third kappa shape index (κ3) is 8.67. The van der Waals surface area contributed by atoms with Gasteiger partial charge < -0.3 is 20.1 Å². The summed E-state index contributed by atoms with van der Waals surface area (Å²) in [7, 11) is 0. The Bertz CT molecular complexity index is 688. The second-order valence-electron chi connectivity index (χ2n) is 7.59. The van der Waals surface area contributed by atoms with Gasteiger partial charge in [0.2, 0.25) is 0 Å². The van der Waals surface area contributed by atoms with Crippen molar-refractivity contribution in [3.8, 4) is 5.75 Å². The molecule has 2 rings (SSSR count). The summed E-state index contributed by atoms with van der Waals surface area (Å²) in [5.41, 5.74) is -0.0823. The van der Waals surface area contributed by atoms with Crippen LogP contribution in [0.15, 0.2) is 24.3 Å². The summed E-state index contributed by atoms with van der Waals surface area (Å²) in [5, 5.41) is 16.2. The summed E-state index contributed by atoms with van der Waals surface area (Å²) < 4.78 is 10.3. The van der Waals surface area contributed by atoms with E-state index in [1.165, 1.54) is 43.5 Å². The second kappa shape index (κ2) is 12.7. The molecule has 0 saturated heterocycles. The number of non-ortho nitro benzene ring substituents is 1. The number of alkyl carbamates (subject to hydrolysis) is 1. The maximum Gasteiger partial charge on any atom is 0.412 e. The van der Waals surface area contributed by atoms with E-state index in [9.17, 15) is 19.7 Å². The average molecular weight is 421 g/mol. The number of nitro benzene ring substituents is 1. The topological polar surface area (TPSA) is 120 Å². The van der Waals surface area contributed by atoms with Crippen molar-refractivity contribution in [3.05, 3.63) is 34.4 Å². The van der Waals surface area contributed by atoms with Gasteiger partial charge in [0, 0.05) is 24.7 Å². The van der Waals surface area contributed by atoms with Crippen LogP contribution in [0.5, 0.6) is 5.75 Å². The number of rotatable bonds is 10. The van der Waals surface area contributed by atoms with Crippen LogP contribution in [0.25, 0.3) is 0 Å². The van der Waals surface area contributed by atoms with Crippen molar-refractivity contribution in [1.82, 2.24) is 10.6 Å². The van der Waals surface area contributed by atoms with Crippen LogP contribution in [0.1, 0.15) is 58.3 Å². The third-order valence-corrected chi connectivity index (χ3v) is 5.15. The Kier molecular flexibility index (Phi) is 9.90. The monoisotopic (exact) mass is 421 g/mol. The number of carbonyl (C=O) groups is 2. The molecule has 30 heavy (non-hydrogen) atoms. The zero-order chi connectivity index (χ0) is 21.8. The molecule has 0 aromatic heterocycles. The largest absolute Gasteiger partial charge is 0.450 e. The number of carbonyl (C=O) groups excluding carboxylic acids is 2. The molecule has 1 saturated carbocycles. The first-order valence-electron chi connectivity index (χ1n) is 10.6. The van der Waals surface area contributed by atoms with E-state index in [2.05, 4.69) is 10.6 Å². The maximum atomic E-state index is 12.1. The van der Waals surface area contributed by atoms with Gasteiger partial charge in [-0.05, 0) is 30.9 Å². The van der Waals surface area contributed by atoms with E-state index in [4.69, 9.17) is 9.47 Å². The zero-order valence-electron chi connectivity index (χ0n) is 17.4. The molecule has 166 valence electrons. The molecular weight excluding hydrogens is 390 g/mol. The number of ether oxygens (including phenoxy) is 2. The Morgan fingerprint density at radius 1 is 1.17 bits per heavy atom. The van der Waals surface area contributed by atoms with Gasteiger partial charge in [0.05, 0.1) is 11.5 Å². The van der Waals surface area contributed by atoms with Gasteiger partial charge in [0.15, 0.2) is 0 Å². The molecule has 1 fully saturated rings. The number of nitro groups is 1. The second-order valence-corrected chi connectivity index (χ2v) is 7.59. The summed E-state index contributed by atoms with van der Waals surface area (Å²) in [6.45, 7) is 2.60. The van der Waals surface area contributed by atoms with Crippen molar-refractivity contribution in [2.45, 2.75) is 64.3 Å². The summed E-state index contributed by atoms with van der Waals surface area (Å²) in [4.78, 5) is 34.3. The van der Waals surface area contributed by atoms with Crippen LogP contribution in [0.2, 0.25) is 0 Å². The normalized spacial score (nSPS) is 15.1. The number of hydrogen-bond acceptors (Lipinski definition) is 6. The number of nitrogens with one attached hydrogen (secondary N) is 2. The van der Waals surface area contributed by atoms with E-state index in [0.717, 1.165) is 32.1 Å². The van der Waals surface area contributed by atoms with Crippen LogP contribution in [0.4, 0.5) is 15.3 Å². The van der Waals surface area contributed by atoms with E-state index in [1.54, 1.807) is 0 Å². The quantitative estimate of drug-likeness (QED) is 0.325. The molecule has 1 atom stereocenters. The van der Waals surface area contributed by atoms with Crippen molar-refractivity contribution < 1.29 is 24.0 Å². The van der Waals surface area contributed by atoms with E-state index in [0.29, 0.717) is 12.5 Å². The smallest absolute Gasteiger partial charge is 0.412 e. The highest BCUT2D eigenvalue weighted by molar-refractivity contribution is 5.71. The molecule has 0 radical (unpaired) electrons. The fourth-order valence-corrected chi connectivity index (χ4v) is 3.52. The summed E-state index contributed by atoms with van der Waals surface area (Å²) in [6.07, 6.45) is 7.21. The Balaban J connectivity index is 1.85. The van der Waals surface area contributed by atoms with Crippen molar-refractivity contribution in [2.24, 2.45) is 5.92 Å². The number of benzene rings is 1. The SMILES string of the molecule is CCCCOC(=O)NC(CNC(=O)Oc1ccc([N+](=O)[O-])cc1)CC1CCCCC1. The van der Waals surface area contributed by atoms with Crippen molar-refractivity contribution in [3.63, 3.8) is 0 Å². The van der Waals surface area contributed by atoms with Gasteiger partial charge in [-0.15, -0.1) is 0 Å². The lowest BCUT2D eigenvalue weighted by atomic mass is 9.85. The minimum Gasteiger partial charge on any atom is -0.450 e. The molecular formula is C21H31N3O6. The summed E-state index contributed by atoms with van der Waals surface area (Å²) in [6, 6.07) is 5.00. The fraction of sp³-hybridized carbons (Fsp3) is 0.619. The van der Waals surface area contributed by atoms with Gasteiger partial charge in [0.25, 0.3) is 5.69 Å². The van der Waals surface area contributed by atoms with Crippen LogP contribution in [-0.2, 0) is 4.74 Å². The standard InChI is InChI=1S/C21H31N3O6/c1-2-3-13-29-21(26)23-17(14-16-7-5-4-6-8-16)15-22-20(25)30-19-11-9-18(10-12-19)24(27)28/h9-12,16-17H,2-8,13-15H2,1H3,(H,22,25)(H,23,26). The van der Waals surface area contributed by atoms with Crippen molar-refractivity contribution in [1.29, 1.82) is 0 Å². The van der Waals surface area contributed by atoms with Gasteiger partial charge in [-0.25, -0.2) is 9.59 Å². The molecule has 1 aliphatic carbocycles. The lowest BCUT2D eigenvalue weighted by Crippen LogP contribution is -2.45. The van der Waals surface area contributed by atoms with E-state index >= 15 is 0 Å². The molecule has 2 amide bonds. The summed E-state index contributed by atoms with van der Waals surface area (Å²) >= 11 is 0. The number of nitrogens with zero attached hydrogens (tertiary/aromatic N) is 1. The van der Waals surface area contributed by atoms with E-state index in [1.807, 2.05) is 6.92 Å². The van der Waals surface area contributed by atoms with Crippen LogP contribution in [0, 0.1) is 16.0 Å². The van der Waals surface area contributed by atoms with Gasteiger partial charge in [-0.3, -0.25) is 10.1 Å². The molecule has 0 spiro atoms. The molecule has 0 aliphatic heterocycles. The minimum atomic E-state index is -0.682. The molecule has 9 heteroatoms. The molecule has 1 unspecified atom stereocenters. The predicted octanol–water partition coefficient (Wildman–Crippen LogP) is 4.55. The number of amides is 2. The minimum absolute atomic E-state index is 0.0823. The Morgan fingerprint density at radius 2 is 1.87 bits per heavy atom. The van der Waals surface area contributed by atoms with Crippen LogP contribution >= 0.6 is 0 Å². The molecule has 0 bridgehead atoms. The van der Waals surface area contributed by atoms with Gasteiger partial charge in [-0.2, -0.15) is 0 Å². The summed E-state index contributed by atoms with van der Waals surface area (Å²) in [5.74, 6) is 0.709. The number of unbranched alkanes of at least 4 members (excludes halogenated alkanes) is 1. The maximum absolute atomic E-state index is 12.1. The van der Waals surface area contributed by atoms with Crippen molar-refractivity contribution in [2.75, 3.05) is 13.2 Å². The van der Waals surface area contributed by atoms with E-state index < -0.39 is 17.1 Å². The van der Waals surface area contributed by atoms with Gasteiger partial charge >= 0.3 is 12.2 Å². The molecule has 9 nitrogen and oxygen atoms in total. The van der Waals surface area contributed by atoms with Gasteiger partial charge in [0.1, 0.15) is 5.75 Å². The first kappa shape index (κ1) is 23.4. The molecule has 1 aliphatic rings. The van der Waals surface area contributed by atoms with Crippen LogP contribution in [0.3, 0.4) is 0 Å². The number of hydrogen-bond donors (Lipinski definition) is 2. The van der Waals surface area contributed by atoms with E-state index in [-0.39, 0.29) is 24.0 Å².